The lowest BCUT2D eigenvalue weighted by atomic mass is 9.98. The number of hydrogen-bond acceptors (Lipinski definition) is 5. The van der Waals surface area contributed by atoms with Crippen LogP contribution in [0.5, 0.6) is 5.75 Å². The van der Waals surface area contributed by atoms with Gasteiger partial charge in [0.25, 0.3) is 5.91 Å². The molecule has 2 aromatic carbocycles. The highest BCUT2D eigenvalue weighted by atomic mass is 35.5. The third-order valence-corrected chi connectivity index (χ3v) is 5.48. The molecule has 0 spiro atoms. The number of nitrogens with zero attached hydrogens (tertiary/aromatic N) is 3. The number of benzene rings is 2. The van der Waals surface area contributed by atoms with E-state index in [1.54, 1.807) is 24.5 Å². The quantitative estimate of drug-likeness (QED) is 0.337. The highest BCUT2D eigenvalue weighted by molar-refractivity contribution is 6.11. The number of fused-ring (bicyclic) bond motifs is 1. The van der Waals surface area contributed by atoms with Crippen molar-refractivity contribution in [1.82, 2.24) is 20.2 Å². The first kappa shape index (κ1) is 22.9. The van der Waals surface area contributed by atoms with E-state index in [0.29, 0.717) is 18.0 Å². The molecule has 0 unspecified atom stereocenters. The van der Waals surface area contributed by atoms with Crippen LogP contribution in [-0.2, 0) is 6.61 Å². The van der Waals surface area contributed by atoms with Crippen LogP contribution >= 0.6 is 12.4 Å². The second-order valence-corrected chi connectivity index (χ2v) is 7.60. The average Bonchev–Trinajstić information content (AvgIpc) is 3.28. The van der Waals surface area contributed by atoms with Crippen LogP contribution in [0.1, 0.15) is 21.6 Å². The topological polar surface area (TPSA) is 92.8 Å². The Morgan fingerprint density at radius 3 is 2.59 bits per heavy atom. The van der Waals surface area contributed by atoms with Gasteiger partial charge >= 0.3 is 0 Å². The third kappa shape index (κ3) is 4.74. The van der Waals surface area contributed by atoms with Crippen LogP contribution in [0.2, 0.25) is 0 Å². The van der Waals surface area contributed by atoms with Gasteiger partial charge in [-0.1, -0.05) is 24.3 Å². The predicted octanol–water partition coefficient (Wildman–Crippen LogP) is 5.58. The number of carbonyl (C=O) groups is 1. The molecule has 0 aliphatic carbocycles. The van der Waals surface area contributed by atoms with E-state index in [1.165, 1.54) is 0 Å². The first-order valence-corrected chi connectivity index (χ1v) is 10.5. The fourth-order valence-corrected chi connectivity index (χ4v) is 3.66. The molecule has 5 rings (SSSR count). The molecule has 0 saturated carbocycles. The lowest BCUT2D eigenvalue weighted by Gasteiger charge is -2.12. The van der Waals surface area contributed by atoms with E-state index >= 15 is 0 Å². The van der Waals surface area contributed by atoms with Crippen LogP contribution in [0.15, 0.2) is 85.5 Å². The van der Waals surface area contributed by atoms with Crippen molar-refractivity contribution in [3.8, 4) is 16.9 Å². The summed E-state index contributed by atoms with van der Waals surface area (Å²) in [5.74, 6) is 0.524. The van der Waals surface area contributed by atoms with Crippen molar-refractivity contribution in [1.29, 1.82) is 0 Å². The molecule has 0 saturated heterocycles. The molecule has 0 bridgehead atoms. The monoisotopic (exact) mass is 471 g/mol. The molecule has 3 heterocycles. The maximum Gasteiger partial charge on any atom is 0.276 e. The Labute approximate surface area is 202 Å². The van der Waals surface area contributed by atoms with Crippen molar-refractivity contribution in [3.63, 3.8) is 0 Å². The molecule has 8 heteroatoms. The third-order valence-electron chi connectivity index (χ3n) is 5.48. The minimum atomic E-state index is -0.288. The zero-order chi connectivity index (χ0) is 22.6. The number of pyridine rings is 2. The number of hydrogen-bond donors (Lipinski definition) is 2. The van der Waals surface area contributed by atoms with Crippen molar-refractivity contribution in [2.24, 2.45) is 0 Å². The molecule has 3 aromatic heterocycles. The Morgan fingerprint density at radius 1 is 1.00 bits per heavy atom. The molecule has 0 aliphatic heterocycles. The molecule has 0 atom stereocenters. The van der Waals surface area contributed by atoms with Gasteiger partial charge in [-0.15, -0.1) is 12.4 Å². The van der Waals surface area contributed by atoms with Gasteiger partial charge < -0.3 is 10.1 Å². The Hall–Kier alpha value is -4.23. The Morgan fingerprint density at radius 2 is 1.79 bits per heavy atom. The summed E-state index contributed by atoms with van der Waals surface area (Å²) in [6.07, 6.45) is 6.91. The van der Waals surface area contributed by atoms with E-state index in [1.807, 2.05) is 60.9 Å². The lowest BCUT2D eigenvalue weighted by Crippen LogP contribution is -2.12. The second-order valence-electron chi connectivity index (χ2n) is 7.60. The van der Waals surface area contributed by atoms with Gasteiger partial charge in [-0.2, -0.15) is 5.10 Å². The largest absolute Gasteiger partial charge is 0.489 e. The van der Waals surface area contributed by atoms with Crippen molar-refractivity contribution >= 4 is 34.9 Å². The van der Waals surface area contributed by atoms with E-state index in [-0.39, 0.29) is 18.3 Å². The van der Waals surface area contributed by atoms with Gasteiger partial charge in [0.15, 0.2) is 5.69 Å². The van der Waals surface area contributed by atoms with Gasteiger partial charge in [0, 0.05) is 47.0 Å². The second kappa shape index (κ2) is 10.1. The Kier molecular flexibility index (Phi) is 6.85. The fourth-order valence-electron chi connectivity index (χ4n) is 3.66. The molecule has 0 radical (unpaired) electrons. The normalized spacial score (nSPS) is 10.5. The average molecular weight is 472 g/mol. The van der Waals surface area contributed by atoms with Crippen molar-refractivity contribution < 1.29 is 9.53 Å². The summed E-state index contributed by atoms with van der Waals surface area (Å²) in [6.45, 7) is 2.47. The Balaban J connectivity index is 0.00000274. The summed E-state index contributed by atoms with van der Waals surface area (Å²) in [7, 11) is 0. The molecule has 1 amide bonds. The first-order chi connectivity index (χ1) is 16.2. The number of aromatic nitrogens is 4. The highest BCUT2D eigenvalue weighted by Gasteiger charge is 2.16. The van der Waals surface area contributed by atoms with Crippen LogP contribution in [0, 0.1) is 6.92 Å². The number of ether oxygens (including phenoxy) is 1. The number of carbonyl (C=O) groups excluding carboxylic acids is 1. The number of rotatable bonds is 6. The fraction of sp³-hybridized carbons (Fsp3) is 0.0769. The number of halogens is 1. The molecule has 34 heavy (non-hydrogen) atoms. The predicted molar refractivity (Wildman–Crippen MR) is 134 cm³/mol. The van der Waals surface area contributed by atoms with E-state index < -0.39 is 0 Å². The number of para-hydroxylation sites is 1. The van der Waals surface area contributed by atoms with Gasteiger partial charge in [-0.3, -0.25) is 19.9 Å². The molecule has 7 nitrogen and oxygen atoms in total. The van der Waals surface area contributed by atoms with E-state index in [2.05, 4.69) is 32.4 Å². The summed E-state index contributed by atoms with van der Waals surface area (Å²) < 4.78 is 5.92. The zero-order valence-corrected chi connectivity index (χ0v) is 19.2. The van der Waals surface area contributed by atoms with Crippen molar-refractivity contribution in [2.75, 3.05) is 5.32 Å². The Bertz CT molecular complexity index is 1420. The number of anilines is 1. The van der Waals surface area contributed by atoms with Gasteiger partial charge in [-0.25, -0.2) is 0 Å². The number of aromatic amines is 1. The summed E-state index contributed by atoms with van der Waals surface area (Å²) in [6, 6.07) is 19.1. The molecule has 0 aliphatic rings. The molecular weight excluding hydrogens is 450 g/mol. The molecular formula is C26H22ClN5O2. The van der Waals surface area contributed by atoms with Crippen LogP contribution in [0.4, 0.5) is 5.69 Å². The molecule has 2 N–H and O–H groups in total. The minimum Gasteiger partial charge on any atom is -0.489 e. The number of amides is 1. The highest BCUT2D eigenvalue weighted by Crippen LogP contribution is 2.29. The van der Waals surface area contributed by atoms with Crippen LogP contribution < -0.4 is 10.1 Å². The maximum atomic E-state index is 12.8. The van der Waals surface area contributed by atoms with Crippen LogP contribution in [0.25, 0.3) is 22.0 Å². The SMILES string of the molecule is Cc1c(COc2ccccc2)cncc1-c1ccc2[nH]nc(C(=O)Nc3ccncc3)c2c1.Cl. The smallest absolute Gasteiger partial charge is 0.276 e. The number of H-pyrrole nitrogens is 1. The first-order valence-electron chi connectivity index (χ1n) is 10.5. The van der Waals surface area contributed by atoms with Gasteiger partial charge in [0.1, 0.15) is 12.4 Å². The molecule has 5 aromatic rings. The summed E-state index contributed by atoms with van der Waals surface area (Å²) >= 11 is 0. The summed E-state index contributed by atoms with van der Waals surface area (Å²) in [4.78, 5) is 21.2. The van der Waals surface area contributed by atoms with Gasteiger partial charge in [0.05, 0.1) is 5.52 Å². The van der Waals surface area contributed by atoms with Crippen LogP contribution in [-0.4, -0.2) is 26.1 Å². The number of nitrogens with one attached hydrogen (secondary N) is 2. The molecule has 0 fully saturated rings. The standard InChI is InChI=1S/C26H21N5O2.ClH/c1-17-19(16-33-21-5-3-2-4-6-21)14-28-15-23(17)18-7-8-24-22(13-18)25(31-30-24)26(32)29-20-9-11-27-12-10-20;/h2-15H,16H2,1H3,(H,30,31)(H,27,29,32);1H. The van der Waals surface area contributed by atoms with E-state index in [9.17, 15) is 4.79 Å². The molecule has 170 valence electrons. The zero-order valence-electron chi connectivity index (χ0n) is 18.4. The van der Waals surface area contributed by atoms with Gasteiger partial charge in [0.2, 0.25) is 0 Å². The van der Waals surface area contributed by atoms with E-state index in [4.69, 9.17) is 4.74 Å². The van der Waals surface area contributed by atoms with E-state index in [0.717, 1.165) is 38.9 Å². The maximum absolute atomic E-state index is 12.8. The van der Waals surface area contributed by atoms with Crippen molar-refractivity contribution in [2.45, 2.75) is 13.5 Å². The van der Waals surface area contributed by atoms with Gasteiger partial charge in [-0.05, 0) is 54.4 Å². The van der Waals surface area contributed by atoms with Crippen molar-refractivity contribution in [3.05, 3.63) is 102 Å². The summed E-state index contributed by atoms with van der Waals surface area (Å²) in [5.41, 5.74) is 5.78. The summed E-state index contributed by atoms with van der Waals surface area (Å²) in [5, 5.41) is 10.8. The van der Waals surface area contributed by atoms with Crippen LogP contribution in [0.3, 0.4) is 0 Å². The minimum absolute atomic E-state index is 0. The lowest BCUT2D eigenvalue weighted by molar-refractivity contribution is 0.102.